The summed E-state index contributed by atoms with van der Waals surface area (Å²) in [4.78, 5) is 23.7. The van der Waals surface area contributed by atoms with Crippen LogP contribution in [0.2, 0.25) is 0 Å². The van der Waals surface area contributed by atoms with Crippen molar-refractivity contribution in [3.63, 3.8) is 0 Å². The number of hydrogen-bond acceptors (Lipinski definition) is 4. The molecule has 5 heteroatoms. The van der Waals surface area contributed by atoms with Gasteiger partial charge in [0.2, 0.25) is 11.2 Å². The van der Waals surface area contributed by atoms with E-state index in [1.807, 2.05) is 24.3 Å². The predicted molar refractivity (Wildman–Crippen MR) is 99.8 cm³/mol. The SMILES string of the molecule is CC(C)(C)c1ccc(-c2oc3ccccc3c(=O)c2OCC(=O)O)cc1. The zero-order valence-electron chi connectivity index (χ0n) is 14.9. The molecule has 0 saturated carbocycles. The molecule has 0 aliphatic rings. The molecule has 1 aromatic heterocycles. The standard InChI is InChI=1S/C21H20O5/c1-21(2,3)14-10-8-13(9-11-14)19-20(25-12-17(22)23)18(24)15-6-4-5-7-16(15)26-19/h4-11H,12H2,1-3H3,(H,22,23). The topological polar surface area (TPSA) is 76.7 Å². The molecule has 3 aromatic rings. The largest absolute Gasteiger partial charge is 0.479 e. The summed E-state index contributed by atoms with van der Waals surface area (Å²) < 4.78 is 11.2. The Morgan fingerprint density at radius 1 is 1.08 bits per heavy atom. The van der Waals surface area contributed by atoms with Crippen LogP contribution in [0.4, 0.5) is 0 Å². The summed E-state index contributed by atoms with van der Waals surface area (Å²) in [5, 5.41) is 9.26. The van der Waals surface area contributed by atoms with E-state index in [4.69, 9.17) is 14.3 Å². The van der Waals surface area contributed by atoms with Crippen LogP contribution < -0.4 is 10.2 Å². The Bertz CT molecular complexity index is 1010. The van der Waals surface area contributed by atoms with Crippen LogP contribution in [0, 0.1) is 0 Å². The molecule has 1 heterocycles. The number of fused-ring (bicyclic) bond motifs is 1. The van der Waals surface area contributed by atoms with Gasteiger partial charge in [0.05, 0.1) is 5.39 Å². The second-order valence-corrected chi connectivity index (χ2v) is 7.10. The summed E-state index contributed by atoms with van der Waals surface area (Å²) in [5.74, 6) is -1.02. The van der Waals surface area contributed by atoms with E-state index >= 15 is 0 Å². The van der Waals surface area contributed by atoms with Crippen molar-refractivity contribution in [1.29, 1.82) is 0 Å². The number of aliphatic carboxylic acids is 1. The number of rotatable bonds is 4. The van der Waals surface area contributed by atoms with Crippen LogP contribution in [0.25, 0.3) is 22.3 Å². The van der Waals surface area contributed by atoms with E-state index < -0.39 is 12.6 Å². The first-order valence-corrected chi connectivity index (χ1v) is 8.29. The van der Waals surface area contributed by atoms with Gasteiger partial charge in [0.1, 0.15) is 5.58 Å². The lowest BCUT2D eigenvalue weighted by Crippen LogP contribution is -2.16. The van der Waals surface area contributed by atoms with Crippen molar-refractivity contribution in [2.45, 2.75) is 26.2 Å². The maximum absolute atomic E-state index is 12.8. The molecule has 134 valence electrons. The van der Waals surface area contributed by atoms with E-state index in [0.717, 1.165) is 5.56 Å². The first-order valence-electron chi connectivity index (χ1n) is 8.29. The monoisotopic (exact) mass is 352 g/mol. The molecule has 0 bridgehead atoms. The summed E-state index contributed by atoms with van der Waals surface area (Å²) >= 11 is 0. The summed E-state index contributed by atoms with van der Waals surface area (Å²) in [7, 11) is 0. The van der Waals surface area contributed by atoms with Crippen molar-refractivity contribution >= 4 is 16.9 Å². The molecule has 0 aliphatic carbocycles. The van der Waals surface area contributed by atoms with Crippen LogP contribution in [0.15, 0.2) is 57.7 Å². The van der Waals surface area contributed by atoms with E-state index in [-0.39, 0.29) is 22.4 Å². The zero-order chi connectivity index (χ0) is 18.9. The predicted octanol–water partition coefficient (Wildman–Crippen LogP) is 4.22. The van der Waals surface area contributed by atoms with Gasteiger partial charge in [-0.15, -0.1) is 0 Å². The van der Waals surface area contributed by atoms with Crippen LogP contribution in [-0.4, -0.2) is 17.7 Å². The van der Waals surface area contributed by atoms with Gasteiger partial charge in [-0.25, -0.2) is 4.79 Å². The number of carboxylic acids is 1. The molecule has 0 fully saturated rings. The van der Waals surface area contributed by atoms with Crippen molar-refractivity contribution in [1.82, 2.24) is 0 Å². The van der Waals surface area contributed by atoms with E-state index in [2.05, 4.69) is 20.8 Å². The lowest BCUT2D eigenvalue weighted by Gasteiger charge is -2.19. The van der Waals surface area contributed by atoms with Gasteiger partial charge < -0.3 is 14.3 Å². The van der Waals surface area contributed by atoms with Crippen LogP contribution in [-0.2, 0) is 10.2 Å². The molecule has 0 unspecified atom stereocenters. The van der Waals surface area contributed by atoms with Gasteiger partial charge in [0.25, 0.3) is 0 Å². The van der Waals surface area contributed by atoms with Gasteiger partial charge in [0, 0.05) is 5.56 Å². The summed E-state index contributed by atoms with van der Waals surface area (Å²) in [5.41, 5.74) is 1.82. The van der Waals surface area contributed by atoms with Crippen molar-refractivity contribution in [2.24, 2.45) is 0 Å². The highest BCUT2D eigenvalue weighted by Crippen LogP contribution is 2.32. The number of carboxylic acid groups (broad SMARTS) is 1. The Kier molecular flexibility index (Phi) is 4.55. The zero-order valence-corrected chi connectivity index (χ0v) is 14.9. The Morgan fingerprint density at radius 2 is 1.73 bits per heavy atom. The van der Waals surface area contributed by atoms with Crippen molar-refractivity contribution in [3.05, 3.63) is 64.3 Å². The second kappa shape index (κ2) is 6.67. The lowest BCUT2D eigenvalue weighted by atomic mass is 9.86. The number of hydrogen-bond donors (Lipinski definition) is 1. The molecule has 5 nitrogen and oxygen atoms in total. The van der Waals surface area contributed by atoms with E-state index in [1.165, 1.54) is 0 Å². The molecular formula is C21H20O5. The van der Waals surface area contributed by atoms with Crippen LogP contribution in [0.1, 0.15) is 26.3 Å². The molecule has 0 radical (unpaired) electrons. The van der Waals surface area contributed by atoms with Crippen LogP contribution in [0.3, 0.4) is 0 Å². The molecule has 2 aromatic carbocycles. The summed E-state index contributed by atoms with van der Waals surface area (Å²) in [6.45, 7) is 5.72. The van der Waals surface area contributed by atoms with Crippen molar-refractivity contribution in [3.8, 4) is 17.1 Å². The molecule has 0 saturated heterocycles. The van der Waals surface area contributed by atoms with E-state index in [9.17, 15) is 9.59 Å². The minimum Gasteiger partial charge on any atom is -0.479 e. The first kappa shape index (κ1) is 17.7. The van der Waals surface area contributed by atoms with Gasteiger partial charge in [-0.3, -0.25) is 4.79 Å². The second-order valence-electron chi connectivity index (χ2n) is 7.10. The van der Waals surface area contributed by atoms with E-state index in [1.54, 1.807) is 24.3 Å². The highest BCUT2D eigenvalue weighted by atomic mass is 16.5. The molecule has 0 spiro atoms. The fraction of sp³-hybridized carbons (Fsp3) is 0.238. The average Bonchev–Trinajstić information content (AvgIpc) is 2.60. The van der Waals surface area contributed by atoms with Crippen LogP contribution >= 0.6 is 0 Å². The average molecular weight is 352 g/mol. The molecule has 1 N–H and O–H groups in total. The quantitative estimate of drug-likeness (QED) is 0.761. The molecule has 0 amide bonds. The Hall–Kier alpha value is -3.08. The van der Waals surface area contributed by atoms with Gasteiger partial charge in [0.15, 0.2) is 12.4 Å². The minimum absolute atomic E-state index is 0.00854. The number of ether oxygens (including phenoxy) is 1. The lowest BCUT2D eigenvalue weighted by molar-refractivity contribution is -0.139. The van der Waals surface area contributed by atoms with E-state index in [0.29, 0.717) is 16.5 Å². The maximum Gasteiger partial charge on any atom is 0.341 e. The molecule has 0 atom stereocenters. The normalized spacial score (nSPS) is 11.5. The van der Waals surface area contributed by atoms with Crippen LogP contribution in [0.5, 0.6) is 5.75 Å². The maximum atomic E-state index is 12.8. The fourth-order valence-corrected chi connectivity index (χ4v) is 2.70. The fourth-order valence-electron chi connectivity index (χ4n) is 2.70. The van der Waals surface area contributed by atoms with Gasteiger partial charge in [-0.1, -0.05) is 57.2 Å². The van der Waals surface area contributed by atoms with Gasteiger partial charge in [-0.05, 0) is 23.1 Å². The van der Waals surface area contributed by atoms with Crippen molar-refractivity contribution < 1.29 is 19.1 Å². The van der Waals surface area contributed by atoms with Crippen molar-refractivity contribution in [2.75, 3.05) is 6.61 Å². The third-order valence-electron chi connectivity index (χ3n) is 4.11. The van der Waals surface area contributed by atoms with Gasteiger partial charge >= 0.3 is 5.97 Å². The Morgan fingerprint density at radius 3 is 2.35 bits per heavy atom. The molecule has 26 heavy (non-hydrogen) atoms. The van der Waals surface area contributed by atoms with Gasteiger partial charge in [-0.2, -0.15) is 0 Å². The summed E-state index contributed by atoms with van der Waals surface area (Å²) in [6, 6.07) is 14.4. The number of carbonyl (C=O) groups is 1. The third-order valence-corrected chi connectivity index (χ3v) is 4.11. The highest BCUT2D eigenvalue weighted by Gasteiger charge is 2.20. The minimum atomic E-state index is -1.16. The number of para-hydroxylation sites is 1. The Balaban J connectivity index is 2.18. The first-order chi connectivity index (χ1) is 12.3. The highest BCUT2D eigenvalue weighted by molar-refractivity contribution is 5.82. The third kappa shape index (κ3) is 3.47. The number of benzene rings is 2. The summed E-state index contributed by atoms with van der Waals surface area (Å²) in [6.07, 6.45) is 0. The molecule has 3 rings (SSSR count). The molecule has 0 aliphatic heterocycles. The Labute approximate surface area is 150 Å². The molecular weight excluding hydrogens is 332 g/mol. The smallest absolute Gasteiger partial charge is 0.341 e.